The second kappa shape index (κ2) is 3.16. The molecular weight excluding hydrogens is 180 g/mol. The third-order valence-corrected chi connectivity index (χ3v) is 2.46. The number of nitrogen functional groups attached to an aromatic ring is 1. The topological polar surface area (TPSA) is 73.9 Å². The van der Waals surface area contributed by atoms with Crippen LogP contribution in [0.1, 0.15) is 31.4 Å². The van der Waals surface area contributed by atoms with Crippen molar-refractivity contribution in [3.05, 3.63) is 11.6 Å². The van der Waals surface area contributed by atoms with Crippen LogP contribution < -0.4 is 5.73 Å². The number of aryl methyl sites for hydroxylation is 1. The summed E-state index contributed by atoms with van der Waals surface area (Å²) in [5.74, 6) is 1.56. The van der Waals surface area contributed by atoms with Crippen LogP contribution in [0.3, 0.4) is 0 Å². The van der Waals surface area contributed by atoms with Gasteiger partial charge in [0.2, 0.25) is 5.95 Å². The van der Waals surface area contributed by atoms with Crippen LogP contribution in [0, 0.1) is 6.92 Å². The maximum absolute atomic E-state index is 5.63. The monoisotopic (exact) mass is 194 g/mol. The van der Waals surface area contributed by atoms with Gasteiger partial charge in [0, 0.05) is 6.61 Å². The summed E-state index contributed by atoms with van der Waals surface area (Å²) in [6.07, 6.45) is 1.98. The van der Waals surface area contributed by atoms with Crippen molar-refractivity contribution in [3.8, 4) is 0 Å². The lowest BCUT2D eigenvalue weighted by atomic mass is 10.0. The quantitative estimate of drug-likeness (QED) is 0.715. The summed E-state index contributed by atoms with van der Waals surface area (Å²) in [7, 11) is 0. The van der Waals surface area contributed by atoms with E-state index in [1.165, 1.54) is 0 Å². The van der Waals surface area contributed by atoms with Crippen LogP contribution in [-0.2, 0) is 10.3 Å². The van der Waals surface area contributed by atoms with E-state index in [1.54, 1.807) is 6.92 Å². The second-order valence-corrected chi connectivity index (χ2v) is 3.75. The summed E-state index contributed by atoms with van der Waals surface area (Å²) in [4.78, 5) is 12.3. The van der Waals surface area contributed by atoms with Crippen LogP contribution >= 0.6 is 0 Å². The Morgan fingerprint density at radius 2 is 2.14 bits per heavy atom. The van der Waals surface area contributed by atoms with Gasteiger partial charge in [-0.2, -0.15) is 9.97 Å². The molecule has 0 aliphatic carbocycles. The average molecular weight is 194 g/mol. The van der Waals surface area contributed by atoms with E-state index in [0.29, 0.717) is 11.6 Å². The molecule has 14 heavy (non-hydrogen) atoms. The Labute approximate surface area is 82.7 Å². The smallest absolute Gasteiger partial charge is 0.223 e. The van der Waals surface area contributed by atoms with Crippen molar-refractivity contribution in [2.45, 2.75) is 32.3 Å². The van der Waals surface area contributed by atoms with E-state index in [9.17, 15) is 0 Å². The van der Waals surface area contributed by atoms with E-state index >= 15 is 0 Å². The van der Waals surface area contributed by atoms with Crippen LogP contribution in [0.5, 0.6) is 0 Å². The van der Waals surface area contributed by atoms with Gasteiger partial charge in [-0.05, 0) is 26.7 Å². The molecule has 0 saturated carbocycles. The van der Waals surface area contributed by atoms with Crippen LogP contribution in [0.25, 0.3) is 0 Å². The highest BCUT2D eigenvalue weighted by atomic mass is 16.5. The van der Waals surface area contributed by atoms with E-state index in [2.05, 4.69) is 15.0 Å². The molecule has 2 rings (SSSR count). The molecule has 0 spiro atoms. The predicted molar refractivity (Wildman–Crippen MR) is 51.5 cm³/mol. The van der Waals surface area contributed by atoms with E-state index in [1.807, 2.05) is 6.92 Å². The first kappa shape index (κ1) is 9.33. The Kier molecular flexibility index (Phi) is 2.11. The number of hydrogen-bond donors (Lipinski definition) is 1. The Morgan fingerprint density at radius 3 is 2.71 bits per heavy atom. The third kappa shape index (κ3) is 1.55. The SMILES string of the molecule is Cc1nc(N)nc(C2(C)CCCO2)n1. The highest BCUT2D eigenvalue weighted by molar-refractivity contribution is 5.18. The molecule has 76 valence electrons. The number of hydrogen-bond acceptors (Lipinski definition) is 5. The molecule has 2 heterocycles. The van der Waals surface area contributed by atoms with Crippen LogP contribution in [0.2, 0.25) is 0 Å². The largest absolute Gasteiger partial charge is 0.368 e. The molecule has 1 aliphatic rings. The number of nitrogens with zero attached hydrogens (tertiary/aromatic N) is 3. The van der Waals surface area contributed by atoms with Gasteiger partial charge in [-0.3, -0.25) is 0 Å². The second-order valence-electron chi connectivity index (χ2n) is 3.75. The molecule has 1 aliphatic heterocycles. The van der Waals surface area contributed by atoms with Crippen molar-refractivity contribution >= 4 is 5.95 Å². The highest BCUT2D eigenvalue weighted by Gasteiger charge is 2.35. The van der Waals surface area contributed by atoms with E-state index in [0.717, 1.165) is 19.4 Å². The summed E-state index contributed by atoms with van der Waals surface area (Å²) in [5.41, 5.74) is 5.19. The van der Waals surface area contributed by atoms with Gasteiger partial charge in [-0.1, -0.05) is 0 Å². The maximum Gasteiger partial charge on any atom is 0.223 e. The molecule has 5 nitrogen and oxygen atoms in total. The van der Waals surface area contributed by atoms with E-state index in [-0.39, 0.29) is 11.5 Å². The molecule has 0 bridgehead atoms. The Morgan fingerprint density at radius 1 is 1.36 bits per heavy atom. The van der Waals surface area contributed by atoms with Gasteiger partial charge < -0.3 is 10.5 Å². The number of ether oxygens (including phenoxy) is 1. The van der Waals surface area contributed by atoms with Crippen LogP contribution in [-0.4, -0.2) is 21.6 Å². The van der Waals surface area contributed by atoms with Gasteiger partial charge in [-0.15, -0.1) is 0 Å². The molecule has 0 radical (unpaired) electrons. The molecule has 0 amide bonds. The van der Waals surface area contributed by atoms with Gasteiger partial charge in [0.25, 0.3) is 0 Å². The summed E-state index contributed by atoms with van der Waals surface area (Å²) >= 11 is 0. The van der Waals surface area contributed by atoms with Crippen molar-refractivity contribution < 1.29 is 4.74 Å². The van der Waals surface area contributed by atoms with E-state index in [4.69, 9.17) is 10.5 Å². The fourth-order valence-corrected chi connectivity index (χ4v) is 1.69. The summed E-state index contributed by atoms with van der Waals surface area (Å²) in [6, 6.07) is 0. The van der Waals surface area contributed by atoms with Crippen LogP contribution in [0.4, 0.5) is 5.95 Å². The average Bonchev–Trinajstić information content (AvgIpc) is 2.52. The Balaban J connectivity index is 2.40. The first-order valence-electron chi connectivity index (χ1n) is 4.73. The standard InChI is InChI=1S/C9H14N4O/c1-6-11-7(13-8(10)12-6)9(2)4-3-5-14-9/h3-5H2,1-2H3,(H2,10,11,12,13). The molecule has 5 heteroatoms. The molecule has 1 unspecified atom stereocenters. The number of rotatable bonds is 1. The third-order valence-electron chi connectivity index (χ3n) is 2.46. The molecule has 1 aromatic heterocycles. The molecule has 1 fully saturated rings. The maximum atomic E-state index is 5.63. The van der Waals surface area contributed by atoms with Gasteiger partial charge >= 0.3 is 0 Å². The van der Waals surface area contributed by atoms with E-state index < -0.39 is 0 Å². The minimum absolute atomic E-state index is 0.268. The van der Waals surface area contributed by atoms with Gasteiger partial charge in [0.1, 0.15) is 11.4 Å². The molecular formula is C9H14N4O. The number of aromatic nitrogens is 3. The molecule has 1 saturated heterocycles. The van der Waals surface area contributed by atoms with Crippen molar-refractivity contribution in [2.24, 2.45) is 0 Å². The van der Waals surface area contributed by atoms with Gasteiger partial charge in [-0.25, -0.2) is 4.98 Å². The van der Waals surface area contributed by atoms with Crippen LogP contribution in [0.15, 0.2) is 0 Å². The first-order valence-corrected chi connectivity index (χ1v) is 4.73. The fourth-order valence-electron chi connectivity index (χ4n) is 1.69. The molecule has 1 atom stereocenters. The normalized spacial score (nSPS) is 26.7. The minimum Gasteiger partial charge on any atom is -0.368 e. The Hall–Kier alpha value is -1.23. The van der Waals surface area contributed by atoms with Gasteiger partial charge in [0.05, 0.1) is 0 Å². The predicted octanol–water partition coefficient (Wildman–Crippen LogP) is 0.788. The lowest BCUT2D eigenvalue weighted by Crippen LogP contribution is -2.24. The van der Waals surface area contributed by atoms with Crippen molar-refractivity contribution in [3.63, 3.8) is 0 Å². The fraction of sp³-hybridized carbons (Fsp3) is 0.667. The van der Waals surface area contributed by atoms with Crippen molar-refractivity contribution in [1.29, 1.82) is 0 Å². The minimum atomic E-state index is -0.373. The lowest BCUT2D eigenvalue weighted by molar-refractivity contribution is 0.00913. The zero-order chi connectivity index (χ0) is 10.2. The van der Waals surface area contributed by atoms with Gasteiger partial charge in [0.15, 0.2) is 5.82 Å². The summed E-state index contributed by atoms with van der Waals surface area (Å²) < 4.78 is 5.63. The molecule has 1 aromatic rings. The van der Waals surface area contributed by atoms with Crippen molar-refractivity contribution in [2.75, 3.05) is 12.3 Å². The molecule has 2 N–H and O–H groups in total. The Bertz CT molecular complexity index is 326. The summed E-state index contributed by atoms with van der Waals surface area (Å²) in [6.45, 7) is 4.56. The summed E-state index contributed by atoms with van der Waals surface area (Å²) in [5, 5.41) is 0. The lowest BCUT2D eigenvalue weighted by Gasteiger charge is -2.21. The number of nitrogens with two attached hydrogens (primary N) is 1. The zero-order valence-corrected chi connectivity index (χ0v) is 8.45. The zero-order valence-electron chi connectivity index (χ0n) is 8.45. The van der Waals surface area contributed by atoms with Crippen molar-refractivity contribution in [1.82, 2.24) is 15.0 Å². The molecule has 0 aromatic carbocycles. The number of anilines is 1. The first-order chi connectivity index (χ1) is 6.60. The highest BCUT2D eigenvalue weighted by Crippen LogP contribution is 2.33.